The number of rotatable bonds is 8. The van der Waals surface area contributed by atoms with Crippen LogP contribution in [0, 0.1) is 13.8 Å². The SMILES string of the molecule is CCCCN(c1ncc(C)cc1CN1C(=O)O[C@H](c2cc(C)cc(C(F)(F)F)c2)[C@@H]1C)C1CCOCC1. The summed E-state index contributed by atoms with van der Waals surface area (Å²) in [4.78, 5) is 21.8. The molecule has 6 nitrogen and oxygen atoms in total. The van der Waals surface area contributed by atoms with Crippen LogP contribution in [-0.4, -0.2) is 47.8 Å². The van der Waals surface area contributed by atoms with E-state index >= 15 is 0 Å². The van der Waals surface area contributed by atoms with Crippen LogP contribution >= 0.6 is 0 Å². The van der Waals surface area contributed by atoms with Crippen LogP contribution in [-0.2, 0) is 22.2 Å². The van der Waals surface area contributed by atoms with Gasteiger partial charge in [0.15, 0.2) is 0 Å². The molecule has 0 unspecified atom stereocenters. The Balaban J connectivity index is 1.62. The molecule has 0 bridgehead atoms. The molecule has 37 heavy (non-hydrogen) atoms. The fourth-order valence-electron chi connectivity index (χ4n) is 5.27. The summed E-state index contributed by atoms with van der Waals surface area (Å²) in [7, 11) is 0. The van der Waals surface area contributed by atoms with Crippen molar-refractivity contribution in [2.45, 2.75) is 84.3 Å². The van der Waals surface area contributed by atoms with Gasteiger partial charge in [0.1, 0.15) is 11.9 Å². The maximum atomic E-state index is 13.4. The van der Waals surface area contributed by atoms with E-state index in [1.54, 1.807) is 17.9 Å². The molecule has 4 rings (SSSR count). The third-order valence-corrected chi connectivity index (χ3v) is 7.22. The lowest BCUT2D eigenvalue weighted by Crippen LogP contribution is -2.42. The smallest absolute Gasteiger partial charge is 0.416 e. The average molecular weight is 520 g/mol. The first-order valence-corrected chi connectivity index (χ1v) is 13.0. The van der Waals surface area contributed by atoms with E-state index in [2.05, 4.69) is 11.8 Å². The van der Waals surface area contributed by atoms with Crippen LogP contribution in [0.25, 0.3) is 0 Å². The van der Waals surface area contributed by atoms with Crippen molar-refractivity contribution in [3.63, 3.8) is 0 Å². The number of amides is 1. The standard InChI is InChI=1S/C28H36F3N3O3/c1-5-6-9-33(24-7-10-36-11-8-24)26-22(13-19(3)16-32-26)17-34-20(4)25(37-27(34)35)21-12-18(2)14-23(15-21)28(29,30)31/h12-16,20,24-25H,5-11,17H2,1-4H3/t20-,25-/m0/s1. The van der Waals surface area contributed by atoms with Gasteiger partial charge in [-0.3, -0.25) is 4.90 Å². The molecule has 202 valence electrons. The number of aryl methyl sites for hydroxylation is 2. The van der Waals surface area contributed by atoms with E-state index in [0.29, 0.717) is 30.4 Å². The second-order valence-electron chi connectivity index (χ2n) is 10.2. The third-order valence-electron chi connectivity index (χ3n) is 7.22. The highest BCUT2D eigenvalue weighted by Crippen LogP contribution is 2.38. The van der Waals surface area contributed by atoms with Gasteiger partial charge < -0.3 is 14.4 Å². The zero-order valence-corrected chi connectivity index (χ0v) is 22.0. The number of carbonyl (C=O) groups is 1. The van der Waals surface area contributed by atoms with Crippen molar-refractivity contribution in [1.82, 2.24) is 9.88 Å². The number of anilines is 1. The molecule has 3 heterocycles. The summed E-state index contributed by atoms with van der Waals surface area (Å²) in [6.07, 6.45) is -0.0552. The molecule has 1 aromatic carbocycles. The lowest BCUT2D eigenvalue weighted by molar-refractivity contribution is -0.137. The van der Waals surface area contributed by atoms with Crippen molar-refractivity contribution in [2.75, 3.05) is 24.7 Å². The highest BCUT2D eigenvalue weighted by atomic mass is 19.4. The zero-order valence-electron chi connectivity index (χ0n) is 22.0. The number of nitrogens with zero attached hydrogens (tertiary/aromatic N) is 3. The van der Waals surface area contributed by atoms with E-state index in [4.69, 9.17) is 14.5 Å². The Kier molecular flexibility index (Phi) is 8.31. The third kappa shape index (κ3) is 6.20. The lowest BCUT2D eigenvalue weighted by Gasteiger charge is -2.37. The minimum atomic E-state index is -4.47. The van der Waals surface area contributed by atoms with Gasteiger partial charge in [-0.15, -0.1) is 0 Å². The number of benzene rings is 1. The van der Waals surface area contributed by atoms with Crippen LogP contribution < -0.4 is 4.90 Å². The van der Waals surface area contributed by atoms with Crippen molar-refractivity contribution in [3.8, 4) is 0 Å². The second-order valence-corrected chi connectivity index (χ2v) is 10.2. The number of ether oxygens (including phenoxy) is 2. The Labute approximate surface area is 216 Å². The molecule has 0 saturated carbocycles. The number of pyridine rings is 1. The van der Waals surface area contributed by atoms with Gasteiger partial charge in [-0.2, -0.15) is 13.2 Å². The van der Waals surface area contributed by atoms with Gasteiger partial charge in [0.05, 0.1) is 18.2 Å². The molecular weight excluding hydrogens is 483 g/mol. The Morgan fingerprint density at radius 3 is 2.51 bits per heavy atom. The van der Waals surface area contributed by atoms with Crippen LogP contribution in [0.1, 0.15) is 73.5 Å². The molecule has 0 radical (unpaired) electrons. The van der Waals surface area contributed by atoms with Crippen LogP contribution in [0.2, 0.25) is 0 Å². The first-order chi connectivity index (χ1) is 17.6. The Morgan fingerprint density at radius 1 is 1.11 bits per heavy atom. The first kappa shape index (κ1) is 27.2. The number of aromatic nitrogens is 1. The van der Waals surface area contributed by atoms with E-state index in [0.717, 1.165) is 61.3 Å². The largest absolute Gasteiger partial charge is 0.439 e. The van der Waals surface area contributed by atoms with E-state index in [-0.39, 0.29) is 6.54 Å². The van der Waals surface area contributed by atoms with Crippen LogP contribution in [0.5, 0.6) is 0 Å². The van der Waals surface area contributed by atoms with Crippen molar-refractivity contribution >= 4 is 11.9 Å². The van der Waals surface area contributed by atoms with Crippen LogP contribution in [0.4, 0.5) is 23.8 Å². The topological polar surface area (TPSA) is 54.9 Å². The van der Waals surface area contributed by atoms with E-state index in [9.17, 15) is 18.0 Å². The van der Waals surface area contributed by atoms with Crippen molar-refractivity contribution in [2.24, 2.45) is 0 Å². The normalized spacial score (nSPS) is 20.8. The fourth-order valence-corrected chi connectivity index (χ4v) is 5.27. The molecule has 0 spiro atoms. The zero-order chi connectivity index (χ0) is 26.7. The van der Waals surface area contributed by atoms with E-state index < -0.39 is 30.0 Å². The van der Waals surface area contributed by atoms with Gasteiger partial charge in [0, 0.05) is 37.6 Å². The molecule has 2 aliphatic heterocycles. The van der Waals surface area contributed by atoms with E-state index in [1.807, 2.05) is 26.1 Å². The number of halogens is 3. The lowest BCUT2D eigenvalue weighted by atomic mass is 9.98. The van der Waals surface area contributed by atoms with Crippen molar-refractivity contribution < 1.29 is 27.4 Å². The minimum Gasteiger partial charge on any atom is -0.439 e. The summed E-state index contributed by atoms with van der Waals surface area (Å²) in [6, 6.07) is 5.75. The highest BCUT2D eigenvalue weighted by molar-refractivity contribution is 5.71. The molecule has 0 aliphatic carbocycles. The fraction of sp³-hybridized carbons (Fsp3) is 0.571. The summed E-state index contributed by atoms with van der Waals surface area (Å²) < 4.78 is 51.5. The monoisotopic (exact) mass is 519 g/mol. The number of cyclic esters (lactones) is 1. The number of hydrogen-bond acceptors (Lipinski definition) is 5. The van der Waals surface area contributed by atoms with Crippen LogP contribution in [0.15, 0.2) is 30.5 Å². The summed E-state index contributed by atoms with van der Waals surface area (Å²) in [6.45, 7) is 10.1. The quantitative estimate of drug-likeness (QED) is 0.394. The Morgan fingerprint density at radius 2 is 1.84 bits per heavy atom. The van der Waals surface area contributed by atoms with Gasteiger partial charge in [0.2, 0.25) is 0 Å². The predicted molar refractivity (Wildman–Crippen MR) is 135 cm³/mol. The maximum Gasteiger partial charge on any atom is 0.416 e. The Hall–Kier alpha value is -2.81. The predicted octanol–water partition coefficient (Wildman–Crippen LogP) is 6.58. The van der Waals surface area contributed by atoms with Crippen LogP contribution in [0.3, 0.4) is 0 Å². The van der Waals surface area contributed by atoms with E-state index in [1.165, 1.54) is 0 Å². The number of hydrogen-bond donors (Lipinski definition) is 0. The number of unbranched alkanes of at least 4 members (excludes halogenated alkanes) is 1. The minimum absolute atomic E-state index is 0.268. The summed E-state index contributed by atoms with van der Waals surface area (Å²) in [5.41, 5.74) is 1.97. The average Bonchev–Trinajstić information content (AvgIpc) is 3.13. The molecule has 0 N–H and O–H groups in total. The van der Waals surface area contributed by atoms with Gasteiger partial charge in [-0.25, -0.2) is 9.78 Å². The Bertz CT molecular complexity index is 1100. The molecule has 2 saturated heterocycles. The molecule has 2 atom stereocenters. The van der Waals surface area contributed by atoms with Gasteiger partial charge in [-0.1, -0.05) is 25.0 Å². The summed E-state index contributed by atoms with van der Waals surface area (Å²) in [5, 5.41) is 0. The van der Waals surface area contributed by atoms with Crippen molar-refractivity contribution in [3.05, 3.63) is 58.3 Å². The maximum absolute atomic E-state index is 13.4. The first-order valence-electron chi connectivity index (χ1n) is 13.0. The number of carbonyl (C=O) groups excluding carboxylic acids is 1. The highest BCUT2D eigenvalue weighted by Gasteiger charge is 2.41. The van der Waals surface area contributed by atoms with Gasteiger partial charge in [0.25, 0.3) is 0 Å². The molecule has 2 aliphatic rings. The van der Waals surface area contributed by atoms with Gasteiger partial charge in [-0.05, 0) is 69.4 Å². The molecule has 2 aromatic rings. The number of alkyl halides is 3. The summed E-state index contributed by atoms with van der Waals surface area (Å²) in [5.74, 6) is 0.851. The van der Waals surface area contributed by atoms with Gasteiger partial charge >= 0.3 is 12.3 Å². The van der Waals surface area contributed by atoms with Crippen molar-refractivity contribution in [1.29, 1.82) is 0 Å². The molecule has 2 fully saturated rings. The molecule has 9 heteroatoms. The molecular formula is C28H36F3N3O3. The second kappa shape index (κ2) is 11.3. The summed E-state index contributed by atoms with van der Waals surface area (Å²) >= 11 is 0. The molecule has 1 amide bonds. The molecule has 1 aromatic heterocycles.